The van der Waals surface area contributed by atoms with Gasteiger partial charge >= 0.3 is 5.97 Å². The summed E-state index contributed by atoms with van der Waals surface area (Å²) in [5.41, 5.74) is 0.906. The van der Waals surface area contributed by atoms with E-state index < -0.39 is 12.6 Å². The lowest BCUT2D eigenvalue weighted by atomic mass is 9.38. The van der Waals surface area contributed by atoms with Crippen LogP contribution in [0.15, 0.2) is 11.6 Å². The highest BCUT2D eigenvalue weighted by atomic mass is 16.4. The van der Waals surface area contributed by atoms with Crippen molar-refractivity contribution in [2.24, 2.45) is 51.2 Å². The molecule has 4 rings (SSSR count). The highest BCUT2D eigenvalue weighted by molar-refractivity contribution is 5.86. The fourth-order valence-corrected chi connectivity index (χ4v) is 10.2. The second-order valence-corrected chi connectivity index (χ2v) is 13.8. The lowest BCUT2D eigenvalue weighted by Gasteiger charge is -2.66. The van der Waals surface area contributed by atoms with Crippen molar-refractivity contribution in [3.8, 4) is 0 Å². The molecule has 4 aliphatic carbocycles. The summed E-state index contributed by atoms with van der Waals surface area (Å²) < 4.78 is 0. The standard InChI is InChI=1S/C30H48O4/c1-19(8-7-9-20(18-31)26(33)34)21-12-16-30(6)23-10-11-24-27(2,3)25(32)14-15-28(24,4)22(23)13-17-29(21,30)5/h9,19,21-24,31H,7-8,10-18H2,1-6H3,(H,33,34)/b20-9+/t19-,21+,22-,23+,24+,28-,29-,30-/m1/s1. The van der Waals surface area contributed by atoms with Crippen molar-refractivity contribution in [3.63, 3.8) is 0 Å². The van der Waals surface area contributed by atoms with E-state index in [-0.39, 0.29) is 16.4 Å². The predicted molar refractivity (Wildman–Crippen MR) is 135 cm³/mol. The summed E-state index contributed by atoms with van der Waals surface area (Å²) >= 11 is 0. The molecule has 0 unspecified atom stereocenters. The Morgan fingerprint density at radius 3 is 2.32 bits per heavy atom. The summed E-state index contributed by atoms with van der Waals surface area (Å²) in [5, 5.41) is 18.5. The van der Waals surface area contributed by atoms with Gasteiger partial charge in [-0.25, -0.2) is 4.79 Å². The SMILES string of the molecule is C[C@H](CC/C=C(\CO)C(=O)O)[C@@H]1CC[C@]2(C)[C@H]3CC[C@H]4C(C)(C)C(=O)CC[C@]4(C)[C@@H]3CC[C@]12C. The number of aliphatic hydroxyl groups excluding tert-OH is 1. The molecular formula is C30H48O4. The summed E-state index contributed by atoms with van der Waals surface area (Å²) in [7, 11) is 0. The summed E-state index contributed by atoms with van der Waals surface area (Å²) in [6.07, 6.45) is 12.9. The minimum Gasteiger partial charge on any atom is -0.478 e. The average molecular weight is 473 g/mol. The van der Waals surface area contributed by atoms with E-state index in [1.807, 2.05) is 0 Å². The molecule has 0 bridgehead atoms. The number of carbonyl (C=O) groups is 2. The molecule has 34 heavy (non-hydrogen) atoms. The topological polar surface area (TPSA) is 74.6 Å². The van der Waals surface area contributed by atoms with E-state index in [0.29, 0.717) is 34.4 Å². The molecule has 0 aromatic carbocycles. The Bertz CT molecular complexity index is 858. The number of hydrogen-bond donors (Lipinski definition) is 2. The van der Waals surface area contributed by atoms with Crippen molar-refractivity contribution in [1.82, 2.24) is 0 Å². The Labute approximate surface area is 207 Å². The van der Waals surface area contributed by atoms with Crippen molar-refractivity contribution in [2.75, 3.05) is 6.61 Å². The molecule has 0 amide bonds. The van der Waals surface area contributed by atoms with Crippen LogP contribution in [0.4, 0.5) is 0 Å². The van der Waals surface area contributed by atoms with Crippen molar-refractivity contribution in [3.05, 3.63) is 11.6 Å². The number of carboxylic acid groups (broad SMARTS) is 1. The van der Waals surface area contributed by atoms with Gasteiger partial charge in [-0.1, -0.05) is 47.6 Å². The molecule has 4 nitrogen and oxygen atoms in total. The second kappa shape index (κ2) is 8.75. The van der Waals surface area contributed by atoms with E-state index in [2.05, 4.69) is 41.5 Å². The van der Waals surface area contributed by atoms with Crippen LogP contribution in [-0.4, -0.2) is 28.6 Å². The van der Waals surface area contributed by atoms with Crippen LogP contribution in [0.2, 0.25) is 0 Å². The largest absolute Gasteiger partial charge is 0.478 e. The smallest absolute Gasteiger partial charge is 0.333 e. The first-order valence-electron chi connectivity index (χ1n) is 13.9. The maximum Gasteiger partial charge on any atom is 0.333 e. The van der Waals surface area contributed by atoms with Gasteiger partial charge in [0.25, 0.3) is 0 Å². The summed E-state index contributed by atoms with van der Waals surface area (Å²) in [6, 6.07) is 0. The van der Waals surface area contributed by atoms with E-state index in [9.17, 15) is 19.8 Å². The minimum atomic E-state index is -1.01. The maximum absolute atomic E-state index is 12.8. The first kappa shape index (κ1) is 25.9. The average Bonchev–Trinajstić information content (AvgIpc) is 3.05. The van der Waals surface area contributed by atoms with Crippen molar-refractivity contribution >= 4 is 11.8 Å². The van der Waals surface area contributed by atoms with E-state index in [0.717, 1.165) is 37.5 Å². The molecule has 0 saturated heterocycles. The lowest BCUT2D eigenvalue weighted by molar-refractivity contribution is -0.183. The van der Waals surface area contributed by atoms with Crippen molar-refractivity contribution in [1.29, 1.82) is 0 Å². The van der Waals surface area contributed by atoms with E-state index in [1.165, 1.54) is 38.5 Å². The van der Waals surface area contributed by atoms with Gasteiger partial charge in [-0.05, 0) is 104 Å². The van der Waals surface area contributed by atoms with E-state index in [1.54, 1.807) is 6.08 Å². The van der Waals surface area contributed by atoms with Crippen LogP contribution in [0, 0.1) is 51.2 Å². The number of carboxylic acids is 1. The minimum absolute atomic E-state index is 0.120. The predicted octanol–water partition coefficient (Wildman–Crippen LogP) is 6.66. The number of allylic oxidation sites excluding steroid dienone is 1. The first-order chi connectivity index (χ1) is 15.8. The quantitative estimate of drug-likeness (QED) is 0.424. The molecule has 0 aromatic rings. The van der Waals surface area contributed by atoms with Crippen LogP contribution < -0.4 is 0 Å². The molecule has 0 aromatic heterocycles. The number of rotatable bonds is 6. The van der Waals surface area contributed by atoms with Crippen LogP contribution in [-0.2, 0) is 9.59 Å². The van der Waals surface area contributed by atoms with Crippen molar-refractivity contribution in [2.45, 2.75) is 106 Å². The molecule has 2 N–H and O–H groups in total. The van der Waals surface area contributed by atoms with Gasteiger partial charge in [0.2, 0.25) is 0 Å². The highest BCUT2D eigenvalue weighted by Gasteiger charge is 2.67. The normalized spacial score (nSPS) is 44.7. The zero-order valence-electron chi connectivity index (χ0n) is 22.5. The van der Waals surface area contributed by atoms with Crippen LogP contribution >= 0.6 is 0 Å². The number of fused-ring (bicyclic) bond motifs is 5. The first-order valence-corrected chi connectivity index (χ1v) is 13.9. The van der Waals surface area contributed by atoms with Gasteiger partial charge in [-0.2, -0.15) is 0 Å². The van der Waals surface area contributed by atoms with Gasteiger partial charge in [0.15, 0.2) is 0 Å². The zero-order chi connectivity index (χ0) is 25.1. The van der Waals surface area contributed by atoms with Gasteiger partial charge in [-0.15, -0.1) is 0 Å². The number of Topliss-reactive ketones (excluding diaryl/α,β-unsaturated/α-hetero) is 1. The van der Waals surface area contributed by atoms with Gasteiger partial charge < -0.3 is 10.2 Å². The van der Waals surface area contributed by atoms with Crippen LogP contribution in [0.1, 0.15) is 106 Å². The molecular weight excluding hydrogens is 424 g/mol. The molecule has 4 saturated carbocycles. The fourth-order valence-electron chi connectivity index (χ4n) is 10.2. The van der Waals surface area contributed by atoms with E-state index >= 15 is 0 Å². The number of aliphatic hydroxyl groups is 1. The van der Waals surface area contributed by atoms with Gasteiger partial charge in [0.05, 0.1) is 12.2 Å². The molecule has 0 aliphatic heterocycles. The molecule has 4 heteroatoms. The number of aliphatic carboxylic acids is 1. The highest BCUT2D eigenvalue weighted by Crippen LogP contribution is 2.74. The third-order valence-electron chi connectivity index (χ3n) is 12.4. The Kier molecular flexibility index (Phi) is 6.67. The monoisotopic (exact) mass is 472 g/mol. The Hall–Kier alpha value is -1.16. The molecule has 0 spiro atoms. The van der Waals surface area contributed by atoms with Crippen LogP contribution in [0.25, 0.3) is 0 Å². The maximum atomic E-state index is 12.8. The third-order valence-corrected chi connectivity index (χ3v) is 12.4. The Morgan fingerprint density at radius 2 is 1.68 bits per heavy atom. The number of hydrogen-bond acceptors (Lipinski definition) is 3. The third kappa shape index (κ3) is 3.64. The Balaban J connectivity index is 1.53. The Morgan fingerprint density at radius 1 is 1.00 bits per heavy atom. The molecule has 0 radical (unpaired) electrons. The summed E-state index contributed by atoms with van der Waals surface area (Å²) in [4.78, 5) is 24.0. The van der Waals surface area contributed by atoms with Crippen molar-refractivity contribution < 1.29 is 19.8 Å². The zero-order valence-corrected chi connectivity index (χ0v) is 22.5. The number of ketones is 1. The molecule has 192 valence electrons. The van der Waals surface area contributed by atoms with Gasteiger partial charge in [-0.3, -0.25) is 4.79 Å². The van der Waals surface area contributed by atoms with Crippen LogP contribution in [0.3, 0.4) is 0 Å². The molecule has 8 atom stereocenters. The summed E-state index contributed by atoms with van der Waals surface area (Å²) in [5.74, 6) is 2.70. The fraction of sp³-hybridized carbons (Fsp3) is 0.867. The van der Waals surface area contributed by atoms with Gasteiger partial charge in [0.1, 0.15) is 5.78 Å². The number of carbonyl (C=O) groups excluding carboxylic acids is 1. The van der Waals surface area contributed by atoms with E-state index in [4.69, 9.17) is 0 Å². The summed E-state index contributed by atoms with van der Waals surface area (Å²) in [6.45, 7) is 14.1. The molecule has 4 fully saturated rings. The molecule has 0 heterocycles. The van der Waals surface area contributed by atoms with Gasteiger partial charge in [0, 0.05) is 11.8 Å². The van der Waals surface area contributed by atoms with Crippen LogP contribution in [0.5, 0.6) is 0 Å². The second-order valence-electron chi connectivity index (χ2n) is 13.8. The molecule has 4 aliphatic rings. The lowest BCUT2D eigenvalue weighted by Crippen LogP contribution is -2.61.